The van der Waals surface area contributed by atoms with Crippen LogP contribution in [0.1, 0.15) is 40.0 Å². The first-order valence-electron chi connectivity index (χ1n) is 4.30. The van der Waals surface area contributed by atoms with Gasteiger partial charge in [-0.3, -0.25) is 0 Å². The quantitative estimate of drug-likeness (QED) is 0.601. The Bertz CT molecular complexity index is 67.1. The minimum atomic E-state index is 0.898. The lowest BCUT2D eigenvalue weighted by molar-refractivity contribution is 0.404. The SMILES string of the molecule is CCC(C)CC(CC)CBr. The van der Waals surface area contributed by atoms with Gasteiger partial charge in [-0.25, -0.2) is 0 Å². The molecule has 62 valence electrons. The molecular weight excluding hydrogens is 188 g/mol. The van der Waals surface area contributed by atoms with E-state index in [-0.39, 0.29) is 0 Å². The van der Waals surface area contributed by atoms with Crippen LogP contribution in [0.2, 0.25) is 0 Å². The molecule has 0 nitrogen and oxygen atoms in total. The summed E-state index contributed by atoms with van der Waals surface area (Å²) in [6.07, 6.45) is 4.03. The van der Waals surface area contributed by atoms with Gasteiger partial charge in [0.15, 0.2) is 0 Å². The van der Waals surface area contributed by atoms with E-state index >= 15 is 0 Å². The largest absolute Gasteiger partial charge is 0.0925 e. The Morgan fingerprint density at radius 1 is 1.20 bits per heavy atom. The fraction of sp³-hybridized carbons (Fsp3) is 1.00. The molecule has 0 aromatic rings. The van der Waals surface area contributed by atoms with Crippen LogP contribution in [0.25, 0.3) is 0 Å². The Kier molecular flexibility index (Phi) is 6.50. The zero-order valence-corrected chi connectivity index (χ0v) is 8.95. The molecular formula is C9H19Br. The predicted molar refractivity (Wildman–Crippen MR) is 51.6 cm³/mol. The van der Waals surface area contributed by atoms with Crippen molar-refractivity contribution in [3.63, 3.8) is 0 Å². The van der Waals surface area contributed by atoms with Crippen molar-refractivity contribution in [2.45, 2.75) is 40.0 Å². The molecule has 0 N–H and O–H groups in total. The van der Waals surface area contributed by atoms with Crippen LogP contribution in [0, 0.1) is 11.8 Å². The summed E-state index contributed by atoms with van der Waals surface area (Å²) in [5.74, 6) is 1.80. The van der Waals surface area contributed by atoms with Gasteiger partial charge in [-0.05, 0) is 18.3 Å². The van der Waals surface area contributed by atoms with Crippen molar-refractivity contribution in [3.05, 3.63) is 0 Å². The van der Waals surface area contributed by atoms with Gasteiger partial charge in [0.25, 0.3) is 0 Å². The van der Waals surface area contributed by atoms with Gasteiger partial charge in [0, 0.05) is 5.33 Å². The number of hydrogen-bond donors (Lipinski definition) is 0. The zero-order chi connectivity index (χ0) is 7.98. The fourth-order valence-corrected chi connectivity index (χ4v) is 1.80. The standard InChI is InChI=1S/C9H19Br/c1-4-8(3)6-9(5-2)7-10/h8-9H,4-7H2,1-3H3. The first kappa shape index (κ1) is 10.5. The van der Waals surface area contributed by atoms with Crippen LogP contribution in [0.15, 0.2) is 0 Å². The first-order chi connectivity index (χ1) is 4.74. The van der Waals surface area contributed by atoms with Crippen molar-refractivity contribution in [1.29, 1.82) is 0 Å². The van der Waals surface area contributed by atoms with Crippen LogP contribution < -0.4 is 0 Å². The topological polar surface area (TPSA) is 0 Å². The maximum atomic E-state index is 3.53. The second-order valence-corrected chi connectivity index (χ2v) is 3.83. The normalized spacial score (nSPS) is 16.8. The van der Waals surface area contributed by atoms with Crippen molar-refractivity contribution in [3.8, 4) is 0 Å². The summed E-state index contributed by atoms with van der Waals surface area (Å²) in [7, 11) is 0. The molecule has 0 spiro atoms. The molecule has 0 amide bonds. The summed E-state index contributed by atoms with van der Waals surface area (Å²) >= 11 is 3.53. The highest BCUT2D eigenvalue weighted by atomic mass is 79.9. The minimum Gasteiger partial charge on any atom is -0.0925 e. The van der Waals surface area contributed by atoms with Crippen molar-refractivity contribution < 1.29 is 0 Å². The molecule has 0 rings (SSSR count). The summed E-state index contributed by atoms with van der Waals surface area (Å²) in [6, 6.07) is 0. The number of hydrogen-bond acceptors (Lipinski definition) is 0. The van der Waals surface area contributed by atoms with Crippen molar-refractivity contribution in [2.24, 2.45) is 11.8 Å². The third-order valence-electron chi connectivity index (χ3n) is 2.23. The molecule has 0 aliphatic rings. The summed E-state index contributed by atoms with van der Waals surface area (Å²) in [5, 5.41) is 1.17. The highest BCUT2D eigenvalue weighted by molar-refractivity contribution is 9.09. The van der Waals surface area contributed by atoms with E-state index in [1.165, 1.54) is 24.6 Å². The molecule has 0 saturated heterocycles. The zero-order valence-electron chi connectivity index (χ0n) is 7.36. The maximum absolute atomic E-state index is 3.53. The van der Waals surface area contributed by atoms with E-state index in [1.54, 1.807) is 0 Å². The highest BCUT2D eigenvalue weighted by Gasteiger charge is 2.07. The minimum absolute atomic E-state index is 0.898. The maximum Gasteiger partial charge on any atom is 0.00596 e. The molecule has 2 atom stereocenters. The van der Waals surface area contributed by atoms with Crippen molar-refractivity contribution in [2.75, 3.05) is 5.33 Å². The van der Waals surface area contributed by atoms with E-state index in [2.05, 4.69) is 36.7 Å². The van der Waals surface area contributed by atoms with Crippen molar-refractivity contribution >= 4 is 15.9 Å². The van der Waals surface area contributed by atoms with Gasteiger partial charge in [-0.2, -0.15) is 0 Å². The Hall–Kier alpha value is 0.480. The molecule has 0 fully saturated rings. The monoisotopic (exact) mass is 206 g/mol. The molecule has 0 aromatic carbocycles. The Morgan fingerprint density at radius 3 is 2.10 bits per heavy atom. The summed E-state index contributed by atoms with van der Waals surface area (Å²) < 4.78 is 0. The van der Waals surface area contributed by atoms with Gasteiger partial charge in [-0.15, -0.1) is 0 Å². The van der Waals surface area contributed by atoms with Crippen molar-refractivity contribution in [1.82, 2.24) is 0 Å². The van der Waals surface area contributed by atoms with Crippen LogP contribution >= 0.6 is 15.9 Å². The van der Waals surface area contributed by atoms with E-state index in [0.717, 1.165) is 11.8 Å². The Labute approximate surface area is 73.5 Å². The lowest BCUT2D eigenvalue weighted by Crippen LogP contribution is -2.05. The summed E-state index contributed by atoms with van der Waals surface area (Å²) in [5.41, 5.74) is 0. The number of alkyl halides is 1. The van der Waals surface area contributed by atoms with Crippen LogP contribution in [-0.4, -0.2) is 5.33 Å². The van der Waals surface area contributed by atoms with E-state index in [0.29, 0.717) is 0 Å². The predicted octanol–water partition coefficient (Wildman–Crippen LogP) is 3.84. The highest BCUT2D eigenvalue weighted by Crippen LogP contribution is 2.19. The molecule has 2 unspecified atom stereocenters. The van der Waals surface area contributed by atoms with Gasteiger partial charge in [0.1, 0.15) is 0 Å². The van der Waals surface area contributed by atoms with Gasteiger partial charge >= 0.3 is 0 Å². The van der Waals surface area contributed by atoms with Crippen LogP contribution in [-0.2, 0) is 0 Å². The molecule has 0 saturated carbocycles. The van der Waals surface area contributed by atoms with Crippen LogP contribution in [0.4, 0.5) is 0 Å². The first-order valence-corrected chi connectivity index (χ1v) is 5.42. The Morgan fingerprint density at radius 2 is 1.80 bits per heavy atom. The number of halogens is 1. The lowest BCUT2D eigenvalue weighted by atomic mass is 9.94. The second-order valence-electron chi connectivity index (χ2n) is 3.18. The van der Waals surface area contributed by atoms with Gasteiger partial charge in [0.2, 0.25) is 0 Å². The number of rotatable bonds is 5. The van der Waals surface area contributed by atoms with E-state index < -0.39 is 0 Å². The van der Waals surface area contributed by atoms with E-state index in [4.69, 9.17) is 0 Å². The molecule has 10 heavy (non-hydrogen) atoms. The third kappa shape index (κ3) is 4.32. The van der Waals surface area contributed by atoms with Gasteiger partial charge < -0.3 is 0 Å². The van der Waals surface area contributed by atoms with Crippen LogP contribution in [0.5, 0.6) is 0 Å². The molecule has 1 heteroatoms. The molecule has 0 bridgehead atoms. The Balaban J connectivity index is 3.41. The molecule has 0 aliphatic carbocycles. The average Bonchev–Trinajstić information content (AvgIpc) is 1.99. The smallest absolute Gasteiger partial charge is 0.00596 e. The summed E-state index contributed by atoms with van der Waals surface area (Å²) in [6.45, 7) is 6.88. The lowest BCUT2D eigenvalue weighted by Gasteiger charge is -2.15. The molecule has 0 radical (unpaired) electrons. The molecule has 0 heterocycles. The van der Waals surface area contributed by atoms with Crippen LogP contribution in [0.3, 0.4) is 0 Å². The third-order valence-corrected chi connectivity index (χ3v) is 3.14. The van der Waals surface area contributed by atoms with E-state index in [1.807, 2.05) is 0 Å². The fourth-order valence-electron chi connectivity index (χ4n) is 1.07. The van der Waals surface area contributed by atoms with E-state index in [9.17, 15) is 0 Å². The summed E-state index contributed by atoms with van der Waals surface area (Å²) in [4.78, 5) is 0. The molecule has 0 aromatic heterocycles. The second kappa shape index (κ2) is 6.21. The van der Waals surface area contributed by atoms with Gasteiger partial charge in [-0.1, -0.05) is 49.5 Å². The van der Waals surface area contributed by atoms with Gasteiger partial charge in [0.05, 0.1) is 0 Å². The average molecular weight is 207 g/mol. The molecule has 0 aliphatic heterocycles.